The van der Waals surface area contributed by atoms with Crippen molar-refractivity contribution in [3.8, 4) is 6.07 Å². The van der Waals surface area contributed by atoms with Crippen molar-refractivity contribution in [3.63, 3.8) is 0 Å². The Balaban J connectivity index is 1.95. The first-order valence-electron chi connectivity index (χ1n) is 7.56. The van der Waals surface area contributed by atoms with Crippen molar-refractivity contribution in [1.82, 2.24) is 0 Å². The first kappa shape index (κ1) is 15.6. The summed E-state index contributed by atoms with van der Waals surface area (Å²) in [5.74, 6) is -1.24. The second-order valence-corrected chi connectivity index (χ2v) is 6.65. The van der Waals surface area contributed by atoms with Crippen LogP contribution in [-0.4, -0.2) is 11.6 Å². The zero-order chi connectivity index (χ0) is 17.6. The van der Waals surface area contributed by atoms with Crippen LogP contribution in [0.25, 0.3) is 0 Å². The first-order chi connectivity index (χ1) is 12.1. The van der Waals surface area contributed by atoms with Gasteiger partial charge >= 0.3 is 0 Å². The summed E-state index contributed by atoms with van der Waals surface area (Å²) in [7, 11) is 0. The number of ketones is 2. The number of Topliss-reactive ketones (excluding diaryl/α,β-unsaturated/α-hetero) is 2. The van der Waals surface area contributed by atoms with Crippen molar-refractivity contribution in [2.24, 2.45) is 0 Å². The molecule has 0 saturated carbocycles. The van der Waals surface area contributed by atoms with Crippen molar-refractivity contribution < 1.29 is 14.3 Å². The van der Waals surface area contributed by atoms with Gasteiger partial charge in [-0.25, -0.2) is 0 Å². The molecule has 4 nitrogen and oxygen atoms in total. The van der Waals surface area contributed by atoms with E-state index in [1.165, 1.54) is 6.26 Å². The van der Waals surface area contributed by atoms with Gasteiger partial charge in [-0.2, -0.15) is 5.26 Å². The van der Waals surface area contributed by atoms with Gasteiger partial charge in [0.15, 0.2) is 11.5 Å². The Kier molecular flexibility index (Phi) is 3.63. The molecular weight excluding hydrogens is 382 g/mol. The third-order valence-corrected chi connectivity index (χ3v) is 4.82. The standard InChI is InChI=1S/C20H10BrNO3/c21-13-5-3-4-11(8-13)16-12(9-22)10-25-20-17(16)18(23)14-6-1-2-7-15(14)19(20)24/h1-8,10,16H. The number of nitrogens with zero attached hydrogens (tertiary/aromatic N) is 1. The van der Waals surface area contributed by atoms with Crippen LogP contribution in [0.1, 0.15) is 32.2 Å². The molecule has 25 heavy (non-hydrogen) atoms. The summed E-state index contributed by atoms with van der Waals surface area (Å²) in [5, 5.41) is 9.50. The number of benzene rings is 2. The molecule has 0 fully saturated rings. The fraction of sp³-hybridized carbons (Fsp3) is 0.0500. The zero-order valence-electron chi connectivity index (χ0n) is 12.8. The molecule has 0 N–H and O–H groups in total. The van der Waals surface area contributed by atoms with Crippen molar-refractivity contribution in [2.45, 2.75) is 5.92 Å². The van der Waals surface area contributed by atoms with Crippen molar-refractivity contribution >= 4 is 27.5 Å². The summed E-state index contributed by atoms with van der Waals surface area (Å²) in [4.78, 5) is 25.9. The van der Waals surface area contributed by atoms with Gasteiger partial charge in [-0.1, -0.05) is 52.3 Å². The molecule has 120 valence electrons. The van der Waals surface area contributed by atoms with Gasteiger partial charge in [0.2, 0.25) is 5.78 Å². The van der Waals surface area contributed by atoms with Crippen LogP contribution in [0.4, 0.5) is 0 Å². The number of rotatable bonds is 1. The SMILES string of the molecule is N#CC1=COC2=C(C(=O)c3ccccc3C2=O)C1c1cccc(Br)c1. The van der Waals surface area contributed by atoms with E-state index >= 15 is 0 Å². The van der Waals surface area contributed by atoms with Crippen LogP contribution in [0.3, 0.4) is 0 Å². The Morgan fingerprint density at radius 3 is 2.40 bits per heavy atom. The highest BCUT2D eigenvalue weighted by Crippen LogP contribution is 2.43. The number of halogens is 1. The smallest absolute Gasteiger partial charge is 0.229 e. The summed E-state index contributed by atoms with van der Waals surface area (Å²) in [6.07, 6.45) is 1.27. The highest BCUT2D eigenvalue weighted by molar-refractivity contribution is 9.10. The summed E-state index contributed by atoms with van der Waals surface area (Å²) in [6.45, 7) is 0. The molecule has 0 bridgehead atoms. The van der Waals surface area contributed by atoms with Crippen LogP contribution in [0.2, 0.25) is 0 Å². The van der Waals surface area contributed by atoms with E-state index in [2.05, 4.69) is 22.0 Å². The number of hydrogen-bond donors (Lipinski definition) is 0. The number of fused-ring (bicyclic) bond motifs is 1. The Morgan fingerprint density at radius 2 is 1.72 bits per heavy atom. The molecule has 0 aromatic heterocycles. The van der Waals surface area contributed by atoms with E-state index in [1.54, 1.807) is 24.3 Å². The maximum absolute atomic E-state index is 13.1. The number of ether oxygens (including phenoxy) is 1. The van der Waals surface area contributed by atoms with Gasteiger partial charge < -0.3 is 4.74 Å². The quantitative estimate of drug-likeness (QED) is 0.726. The number of carbonyl (C=O) groups excluding carboxylic acids is 2. The molecule has 0 spiro atoms. The van der Waals surface area contributed by atoms with E-state index in [0.717, 1.165) is 10.0 Å². The number of carbonyl (C=O) groups is 2. The van der Waals surface area contributed by atoms with Crippen LogP contribution >= 0.6 is 15.9 Å². The average Bonchev–Trinajstić information content (AvgIpc) is 2.65. The Bertz CT molecular complexity index is 1040. The van der Waals surface area contributed by atoms with Crippen LogP contribution in [0, 0.1) is 11.3 Å². The third kappa shape index (κ3) is 2.34. The van der Waals surface area contributed by atoms with E-state index in [0.29, 0.717) is 11.1 Å². The molecular formula is C20H10BrNO3. The van der Waals surface area contributed by atoms with Crippen LogP contribution in [0.15, 0.2) is 76.2 Å². The second kappa shape index (κ2) is 5.83. The molecule has 0 saturated heterocycles. The molecule has 4 rings (SSSR count). The van der Waals surface area contributed by atoms with Gasteiger partial charge in [-0.15, -0.1) is 0 Å². The fourth-order valence-electron chi connectivity index (χ4n) is 3.22. The first-order valence-corrected chi connectivity index (χ1v) is 8.36. The monoisotopic (exact) mass is 391 g/mol. The highest BCUT2D eigenvalue weighted by Gasteiger charge is 2.41. The van der Waals surface area contributed by atoms with E-state index in [4.69, 9.17) is 4.74 Å². The molecule has 0 amide bonds. The number of nitriles is 1. The molecule has 2 aromatic rings. The molecule has 1 heterocycles. The van der Waals surface area contributed by atoms with Crippen molar-refractivity contribution in [3.05, 3.63) is 92.9 Å². The normalized spacial score (nSPS) is 18.7. The van der Waals surface area contributed by atoms with Crippen molar-refractivity contribution in [1.29, 1.82) is 5.26 Å². The van der Waals surface area contributed by atoms with Crippen LogP contribution in [0.5, 0.6) is 0 Å². The van der Waals surface area contributed by atoms with Crippen molar-refractivity contribution in [2.75, 3.05) is 0 Å². The topological polar surface area (TPSA) is 67.2 Å². The largest absolute Gasteiger partial charge is 0.459 e. The van der Waals surface area contributed by atoms with E-state index in [-0.39, 0.29) is 28.5 Å². The second-order valence-electron chi connectivity index (χ2n) is 5.74. The number of allylic oxidation sites excluding steroid dienone is 3. The molecule has 2 aliphatic rings. The van der Waals surface area contributed by atoms with Gasteiger partial charge in [0.1, 0.15) is 6.26 Å². The Morgan fingerprint density at radius 1 is 1.00 bits per heavy atom. The molecule has 1 unspecified atom stereocenters. The van der Waals surface area contributed by atoms with Gasteiger partial charge in [0, 0.05) is 15.6 Å². The fourth-order valence-corrected chi connectivity index (χ4v) is 3.64. The van der Waals surface area contributed by atoms with Gasteiger partial charge in [-0.3, -0.25) is 9.59 Å². The molecule has 2 aromatic carbocycles. The number of hydrogen-bond acceptors (Lipinski definition) is 4. The lowest BCUT2D eigenvalue weighted by Gasteiger charge is -2.29. The summed E-state index contributed by atoms with van der Waals surface area (Å²) >= 11 is 3.41. The molecule has 1 aliphatic carbocycles. The minimum Gasteiger partial charge on any atom is -0.459 e. The van der Waals surface area contributed by atoms with E-state index < -0.39 is 5.92 Å². The molecule has 0 radical (unpaired) electrons. The zero-order valence-corrected chi connectivity index (χ0v) is 14.4. The lowest BCUT2D eigenvalue weighted by molar-refractivity contribution is 0.0911. The predicted molar refractivity (Wildman–Crippen MR) is 93.8 cm³/mol. The van der Waals surface area contributed by atoms with E-state index in [9.17, 15) is 14.9 Å². The maximum Gasteiger partial charge on any atom is 0.229 e. The predicted octanol–water partition coefficient (Wildman–Crippen LogP) is 4.30. The van der Waals surface area contributed by atoms with Crippen LogP contribution < -0.4 is 0 Å². The lowest BCUT2D eigenvalue weighted by Crippen LogP contribution is -2.29. The Hall–Kier alpha value is -2.97. The minimum atomic E-state index is -0.629. The molecule has 1 atom stereocenters. The molecule has 5 heteroatoms. The Labute approximate surface area is 152 Å². The van der Waals surface area contributed by atoms with Gasteiger partial charge in [0.05, 0.1) is 23.1 Å². The summed E-state index contributed by atoms with van der Waals surface area (Å²) in [5.41, 5.74) is 1.93. The maximum atomic E-state index is 13.1. The summed E-state index contributed by atoms with van der Waals surface area (Å²) in [6, 6.07) is 16.1. The molecule has 1 aliphatic heterocycles. The summed E-state index contributed by atoms with van der Waals surface area (Å²) < 4.78 is 6.24. The van der Waals surface area contributed by atoms with Crippen LogP contribution in [-0.2, 0) is 4.74 Å². The average molecular weight is 392 g/mol. The highest BCUT2D eigenvalue weighted by atomic mass is 79.9. The van der Waals surface area contributed by atoms with Gasteiger partial charge in [-0.05, 0) is 17.7 Å². The minimum absolute atomic E-state index is 0.00711. The van der Waals surface area contributed by atoms with Gasteiger partial charge in [0.25, 0.3) is 0 Å². The lowest BCUT2D eigenvalue weighted by atomic mass is 9.76. The third-order valence-electron chi connectivity index (χ3n) is 4.33. The van der Waals surface area contributed by atoms with E-state index in [1.807, 2.05) is 24.3 Å².